The van der Waals surface area contributed by atoms with Crippen molar-refractivity contribution in [1.29, 1.82) is 0 Å². The van der Waals surface area contributed by atoms with Gasteiger partial charge in [0.2, 0.25) is 11.9 Å². The Labute approximate surface area is 181 Å². The molecule has 3 aliphatic heterocycles. The smallest absolute Gasteiger partial charge is 0.243 e. The van der Waals surface area contributed by atoms with Gasteiger partial charge in [0.15, 0.2) is 11.6 Å². The maximum atomic E-state index is 12.5. The predicted molar refractivity (Wildman–Crippen MR) is 119 cm³/mol. The molecule has 5 heterocycles. The number of nitrogens with one attached hydrogen (secondary N) is 3. The van der Waals surface area contributed by atoms with Crippen LogP contribution in [0.1, 0.15) is 25.8 Å². The lowest BCUT2D eigenvalue weighted by Crippen LogP contribution is -2.59. The molecule has 5 rings (SSSR count). The summed E-state index contributed by atoms with van der Waals surface area (Å²) >= 11 is 0. The highest BCUT2D eigenvalue weighted by molar-refractivity contribution is 5.89. The third kappa shape index (κ3) is 3.99. The number of hydrogen-bond acceptors (Lipinski definition) is 9. The van der Waals surface area contributed by atoms with Gasteiger partial charge in [-0.15, -0.1) is 10.2 Å². The molecule has 2 atom stereocenters. The van der Waals surface area contributed by atoms with Crippen LogP contribution in [0.3, 0.4) is 0 Å². The summed E-state index contributed by atoms with van der Waals surface area (Å²) < 4.78 is 0. The van der Waals surface area contributed by atoms with Crippen LogP contribution in [0, 0.1) is 5.92 Å². The van der Waals surface area contributed by atoms with Crippen molar-refractivity contribution >= 4 is 29.3 Å². The Morgan fingerprint density at radius 3 is 2.81 bits per heavy atom. The van der Waals surface area contributed by atoms with Gasteiger partial charge in [0, 0.05) is 56.9 Å². The van der Waals surface area contributed by atoms with Crippen LogP contribution in [-0.4, -0.2) is 70.9 Å². The summed E-state index contributed by atoms with van der Waals surface area (Å²) in [6, 6.07) is 3.91. The Bertz CT molecular complexity index is 942. The maximum absolute atomic E-state index is 12.5. The summed E-state index contributed by atoms with van der Waals surface area (Å²) in [7, 11) is 0. The molecule has 1 unspecified atom stereocenters. The van der Waals surface area contributed by atoms with Gasteiger partial charge in [0.25, 0.3) is 0 Å². The lowest BCUT2D eigenvalue weighted by atomic mass is 9.99. The van der Waals surface area contributed by atoms with Gasteiger partial charge >= 0.3 is 0 Å². The number of amides is 1. The zero-order valence-electron chi connectivity index (χ0n) is 18.0. The highest BCUT2D eigenvalue weighted by atomic mass is 16.2. The summed E-state index contributed by atoms with van der Waals surface area (Å²) in [5.74, 6) is 3.41. The van der Waals surface area contributed by atoms with Gasteiger partial charge in [-0.1, -0.05) is 13.8 Å². The van der Waals surface area contributed by atoms with E-state index < -0.39 is 0 Å². The third-order valence-electron chi connectivity index (χ3n) is 6.12. The second-order valence-electron chi connectivity index (χ2n) is 8.84. The number of piperazine rings is 2. The standard InChI is InChI=1S/C21H29N9O/c1-13(2)9-15-12-23-20(31)16-10-14-11-24-21(26-19(14)30(15)16)25-17-3-4-18(28-27-17)29-7-5-22-6-8-29/h3-4,11,13,15-16,22H,5-10,12H2,1-2H3,(H,23,31)(H,24,25,26,27)/t15-,16?/m1/s1. The number of rotatable bonds is 5. The first-order chi connectivity index (χ1) is 15.1. The van der Waals surface area contributed by atoms with Crippen molar-refractivity contribution in [1.82, 2.24) is 30.8 Å². The summed E-state index contributed by atoms with van der Waals surface area (Å²) in [6.45, 7) is 8.83. The quantitative estimate of drug-likeness (QED) is 0.640. The molecule has 10 nitrogen and oxygen atoms in total. The molecule has 1 amide bonds. The van der Waals surface area contributed by atoms with Crippen molar-refractivity contribution in [3.63, 3.8) is 0 Å². The number of nitrogens with zero attached hydrogens (tertiary/aromatic N) is 6. The average molecular weight is 424 g/mol. The van der Waals surface area contributed by atoms with Crippen LogP contribution in [-0.2, 0) is 11.2 Å². The summed E-state index contributed by atoms with van der Waals surface area (Å²) in [4.78, 5) is 26.1. The van der Waals surface area contributed by atoms with Crippen LogP contribution < -0.4 is 25.8 Å². The molecule has 10 heteroatoms. The van der Waals surface area contributed by atoms with E-state index in [2.05, 4.69) is 54.8 Å². The Morgan fingerprint density at radius 1 is 1.23 bits per heavy atom. The van der Waals surface area contributed by atoms with Gasteiger partial charge in [-0.05, 0) is 24.5 Å². The minimum atomic E-state index is -0.199. The van der Waals surface area contributed by atoms with E-state index in [0.29, 0.717) is 30.6 Å². The molecule has 2 aromatic heterocycles. The molecule has 0 spiro atoms. The van der Waals surface area contributed by atoms with Gasteiger partial charge in [0.05, 0.1) is 0 Å². The van der Waals surface area contributed by atoms with Crippen LogP contribution >= 0.6 is 0 Å². The maximum Gasteiger partial charge on any atom is 0.243 e. The number of fused-ring (bicyclic) bond motifs is 3. The Balaban J connectivity index is 1.34. The van der Waals surface area contributed by atoms with Crippen LogP contribution in [0.5, 0.6) is 0 Å². The average Bonchev–Trinajstić information content (AvgIpc) is 3.17. The Kier molecular flexibility index (Phi) is 5.31. The van der Waals surface area contributed by atoms with Crippen LogP contribution in [0.25, 0.3) is 0 Å². The fourth-order valence-corrected chi connectivity index (χ4v) is 4.67. The van der Waals surface area contributed by atoms with E-state index in [-0.39, 0.29) is 18.0 Å². The molecule has 31 heavy (non-hydrogen) atoms. The molecule has 0 radical (unpaired) electrons. The van der Waals surface area contributed by atoms with Gasteiger partial charge < -0.3 is 25.8 Å². The fourth-order valence-electron chi connectivity index (χ4n) is 4.67. The van der Waals surface area contributed by atoms with Crippen molar-refractivity contribution in [2.45, 2.75) is 38.8 Å². The first-order valence-electron chi connectivity index (χ1n) is 11.1. The second kappa shape index (κ2) is 8.26. The molecule has 0 aliphatic carbocycles. The molecule has 2 aromatic rings. The van der Waals surface area contributed by atoms with Crippen LogP contribution in [0.4, 0.5) is 23.4 Å². The predicted octanol–water partition coefficient (Wildman–Crippen LogP) is 0.695. The number of hydrogen-bond donors (Lipinski definition) is 3. The zero-order chi connectivity index (χ0) is 21.4. The van der Waals surface area contributed by atoms with Crippen LogP contribution in [0.15, 0.2) is 18.3 Å². The normalized spacial score (nSPS) is 22.9. The molecular weight excluding hydrogens is 394 g/mol. The van der Waals surface area contributed by atoms with Crippen molar-refractivity contribution in [2.24, 2.45) is 5.92 Å². The fraction of sp³-hybridized carbons (Fsp3) is 0.571. The summed E-state index contributed by atoms with van der Waals surface area (Å²) in [5, 5.41) is 18.2. The summed E-state index contributed by atoms with van der Waals surface area (Å²) in [6.07, 6.45) is 3.47. The van der Waals surface area contributed by atoms with Crippen LogP contribution in [0.2, 0.25) is 0 Å². The number of carbonyl (C=O) groups is 1. The molecule has 0 bridgehead atoms. The minimum absolute atomic E-state index is 0.0712. The second-order valence-corrected chi connectivity index (χ2v) is 8.84. The highest BCUT2D eigenvalue weighted by Gasteiger charge is 2.43. The van der Waals surface area contributed by atoms with E-state index >= 15 is 0 Å². The first-order valence-corrected chi connectivity index (χ1v) is 11.1. The van der Waals surface area contributed by atoms with E-state index in [1.54, 1.807) is 0 Å². The van der Waals surface area contributed by atoms with Gasteiger partial charge in [0.1, 0.15) is 11.9 Å². The molecule has 164 valence electrons. The summed E-state index contributed by atoms with van der Waals surface area (Å²) in [5.41, 5.74) is 1.02. The molecule has 2 fully saturated rings. The SMILES string of the molecule is CC(C)C[C@@H]1CNC(=O)C2Cc3cnc(Nc4ccc(N5CCNCC5)nn4)nc3N21. The van der Waals surface area contributed by atoms with E-state index in [1.807, 2.05) is 18.3 Å². The van der Waals surface area contributed by atoms with Gasteiger partial charge in [-0.3, -0.25) is 4.79 Å². The van der Waals surface area contributed by atoms with Crippen molar-refractivity contribution in [3.8, 4) is 0 Å². The molecule has 3 N–H and O–H groups in total. The van der Waals surface area contributed by atoms with Crippen molar-refractivity contribution < 1.29 is 4.79 Å². The molecule has 0 saturated carbocycles. The topological polar surface area (TPSA) is 111 Å². The van der Waals surface area contributed by atoms with E-state index in [9.17, 15) is 4.79 Å². The van der Waals surface area contributed by atoms with E-state index in [0.717, 1.165) is 49.8 Å². The monoisotopic (exact) mass is 423 g/mol. The lowest BCUT2D eigenvalue weighted by molar-refractivity contribution is -0.123. The molecule has 3 aliphatic rings. The first kappa shape index (κ1) is 19.9. The molecule has 2 saturated heterocycles. The Hall–Kier alpha value is -3.01. The largest absolute Gasteiger partial charge is 0.353 e. The Morgan fingerprint density at radius 2 is 2.06 bits per heavy atom. The molecular formula is C21H29N9O. The van der Waals surface area contributed by atoms with Gasteiger partial charge in [-0.2, -0.15) is 4.98 Å². The zero-order valence-corrected chi connectivity index (χ0v) is 18.0. The lowest BCUT2D eigenvalue weighted by Gasteiger charge is -2.39. The number of carbonyl (C=O) groups excluding carboxylic acids is 1. The molecule has 0 aromatic carbocycles. The number of anilines is 4. The minimum Gasteiger partial charge on any atom is -0.353 e. The third-order valence-corrected chi connectivity index (χ3v) is 6.12. The van der Waals surface area contributed by atoms with E-state index in [1.165, 1.54) is 0 Å². The van der Waals surface area contributed by atoms with Crippen molar-refractivity contribution in [3.05, 3.63) is 23.9 Å². The highest BCUT2D eigenvalue weighted by Crippen LogP contribution is 2.36. The van der Waals surface area contributed by atoms with Gasteiger partial charge in [-0.25, -0.2) is 4.98 Å². The number of aromatic nitrogens is 4. The van der Waals surface area contributed by atoms with E-state index in [4.69, 9.17) is 4.98 Å². The van der Waals surface area contributed by atoms with Crippen molar-refractivity contribution in [2.75, 3.05) is 47.8 Å².